The van der Waals surface area contributed by atoms with Gasteiger partial charge in [-0.2, -0.15) is 0 Å². The van der Waals surface area contributed by atoms with Crippen LogP contribution >= 0.6 is 11.6 Å². The molecule has 84 valence electrons. The minimum atomic E-state index is 0.627. The fourth-order valence-corrected chi connectivity index (χ4v) is 1.97. The van der Waals surface area contributed by atoms with E-state index in [1.807, 2.05) is 19.1 Å². The number of H-pyrrole nitrogens is 1. The summed E-state index contributed by atoms with van der Waals surface area (Å²) in [7, 11) is 0. The van der Waals surface area contributed by atoms with E-state index < -0.39 is 0 Å². The molecule has 1 aromatic heterocycles. The predicted octanol–water partition coefficient (Wildman–Crippen LogP) is 3.18. The first-order chi connectivity index (χ1) is 7.60. The van der Waals surface area contributed by atoms with Gasteiger partial charge in [-0.3, -0.25) is 0 Å². The second kappa shape index (κ2) is 4.18. The number of rotatable bonds is 2. The van der Waals surface area contributed by atoms with E-state index in [4.69, 9.17) is 17.3 Å². The molecule has 2 rings (SSSR count). The van der Waals surface area contributed by atoms with Crippen LogP contribution in [0.3, 0.4) is 0 Å². The van der Waals surface area contributed by atoms with Gasteiger partial charge in [0.25, 0.3) is 0 Å². The van der Waals surface area contributed by atoms with E-state index in [-0.39, 0.29) is 0 Å². The summed E-state index contributed by atoms with van der Waals surface area (Å²) in [6.07, 6.45) is 0.915. The number of hydrogen-bond donors (Lipinski definition) is 2. The predicted molar refractivity (Wildman–Crippen MR) is 67.6 cm³/mol. The number of nitrogens with two attached hydrogens (primary N) is 1. The number of imidazole rings is 1. The van der Waals surface area contributed by atoms with E-state index in [1.54, 1.807) is 6.07 Å². The van der Waals surface area contributed by atoms with E-state index in [0.717, 1.165) is 29.2 Å². The normalized spacial score (nSPS) is 10.7. The van der Waals surface area contributed by atoms with E-state index in [0.29, 0.717) is 10.7 Å². The summed E-state index contributed by atoms with van der Waals surface area (Å²) in [4.78, 5) is 7.75. The van der Waals surface area contributed by atoms with Gasteiger partial charge in [0.15, 0.2) is 0 Å². The third-order valence-electron chi connectivity index (χ3n) is 2.51. The monoisotopic (exact) mass is 235 g/mol. The second-order valence-electron chi connectivity index (χ2n) is 3.78. The van der Waals surface area contributed by atoms with Gasteiger partial charge in [-0.05, 0) is 31.5 Å². The molecule has 1 heterocycles. The summed E-state index contributed by atoms with van der Waals surface area (Å²) in [5, 5.41) is 0.627. The van der Waals surface area contributed by atoms with Crippen molar-refractivity contribution in [2.45, 2.75) is 20.3 Å². The fraction of sp³-hybridized carbons (Fsp3) is 0.250. The van der Waals surface area contributed by atoms with Crippen molar-refractivity contribution >= 4 is 17.3 Å². The molecule has 0 unspecified atom stereocenters. The minimum absolute atomic E-state index is 0.627. The average molecular weight is 236 g/mol. The maximum Gasteiger partial charge on any atom is 0.137 e. The molecular weight excluding hydrogens is 222 g/mol. The highest BCUT2D eigenvalue weighted by atomic mass is 35.5. The largest absolute Gasteiger partial charge is 0.399 e. The summed E-state index contributed by atoms with van der Waals surface area (Å²) < 4.78 is 0. The summed E-state index contributed by atoms with van der Waals surface area (Å²) >= 11 is 5.96. The third kappa shape index (κ3) is 2.04. The first-order valence-corrected chi connectivity index (χ1v) is 5.60. The topological polar surface area (TPSA) is 54.7 Å². The van der Waals surface area contributed by atoms with Crippen LogP contribution in [0.5, 0.6) is 0 Å². The highest BCUT2D eigenvalue weighted by molar-refractivity contribution is 6.31. The van der Waals surface area contributed by atoms with Gasteiger partial charge in [0.1, 0.15) is 5.82 Å². The fourth-order valence-electron chi connectivity index (χ4n) is 1.73. The number of nitrogen functional groups attached to an aromatic ring is 1. The molecule has 0 fully saturated rings. The van der Waals surface area contributed by atoms with Crippen LogP contribution in [0.25, 0.3) is 11.4 Å². The first-order valence-electron chi connectivity index (χ1n) is 5.22. The van der Waals surface area contributed by atoms with Gasteiger partial charge in [-0.25, -0.2) is 4.98 Å². The van der Waals surface area contributed by atoms with E-state index >= 15 is 0 Å². The minimum Gasteiger partial charge on any atom is -0.399 e. The number of benzene rings is 1. The number of aryl methyl sites for hydroxylation is 2. The number of halogens is 1. The zero-order valence-corrected chi connectivity index (χ0v) is 10.1. The molecule has 0 amide bonds. The second-order valence-corrected chi connectivity index (χ2v) is 4.22. The first kappa shape index (κ1) is 11.0. The van der Waals surface area contributed by atoms with Crippen molar-refractivity contribution in [3.8, 4) is 11.4 Å². The molecule has 16 heavy (non-hydrogen) atoms. The third-order valence-corrected chi connectivity index (χ3v) is 2.73. The molecule has 3 nitrogen and oxygen atoms in total. The Labute approximate surface area is 99.7 Å². The molecule has 0 aliphatic heterocycles. The van der Waals surface area contributed by atoms with Crippen LogP contribution in [-0.4, -0.2) is 9.97 Å². The Morgan fingerprint density at radius 2 is 2.12 bits per heavy atom. The van der Waals surface area contributed by atoms with Crippen LogP contribution in [0.15, 0.2) is 18.2 Å². The van der Waals surface area contributed by atoms with Crippen LogP contribution in [0.4, 0.5) is 5.69 Å². The molecule has 0 bridgehead atoms. The Morgan fingerprint density at radius 3 is 2.69 bits per heavy atom. The van der Waals surface area contributed by atoms with Crippen LogP contribution in [0.1, 0.15) is 18.3 Å². The number of hydrogen-bond acceptors (Lipinski definition) is 2. The Kier molecular flexibility index (Phi) is 2.88. The quantitative estimate of drug-likeness (QED) is 0.786. The molecule has 1 aromatic carbocycles. The average Bonchev–Trinajstić information content (AvgIpc) is 2.58. The molecule has 0 saturated heterocycles. The lowest BCUT2D eigenvalue weighted by Crippen LogP contribution is -1.87. The molecule has 0 radical (unpaired) electrons. The molecule has 2 aromatic rings. The zero-order chi connectivity index (χ0) is 11.7. The number of nitrogens with one attached hydrogen (secondary N) is 1. The SMILES string of the molecule is CCc1nc(-c2cc(N)cc(Cl)c2)[nH]c1C. The van der Waals surface area contributed by atoms with Crippen LogP contribution in [0, 0.1) is 6.92 Å². The summed E-state index contributed by atoms with van der Waals surface area (Å²) in [5.74, 6) is 0.823. The lowest BCUT2D eigenvalue weighted by Gasteiger charge is -2.00. The zero-order valence-electron chi connectivity index (χ0n) is 9.34. The highest BCUT2D eigenvalue weighted by Gasteiger charge is 2.08. The molecular formula is C12H14ClN3. The molecule has 3 N–H and O–H groups in total. The Bertz CT molecular complexity index is 497. The van der Waals surface area contributed by atoms with Gasteiger partial charge < -0.3 is 10.7 Å². The van der Waals surface area contributed by atoms with Crippen LogP contribution in [-0.2, 0) is 6.42 Å². The van der Waals surface area contributed by atoms with Crippen molar-refractivity contribution < 1.29 is 0 Å². The van der Waals surface area contributed by atoms with Gasteiger partial charge in [-0.15, -0.1) is 0 Å². The summed E-state index contributed by atoms with van der Waals surface area (Å²) in [6, 6.07) is 5.45. The van der Waals surface area contributed by atoms with E-state index in [9.17, 15) is 0 Å². The number of anilines is 1. The van der Waals surface area contributed by atoms with Crippen molar-refractivity contribution in [3.63, 3.8) is 0 Å². The molecule has 0 saturated carbocycles. The molecule has 0 aliphatic rings. The maximum absolute atomic E-state index is 5.96. The Hall–Kier alpha value is -1.48. The van der Waals surface area contributed by atoms with Gasteiger partial charge in [0.2, 0.25) is 0 Å². The number of aromatic nitrogens is 2. The summed E-state index contributed by atoms with van der Waals surface area (Å²) in [5.41, 5.74) is 9.49. The van der Waals surface area contributed by atoms with Crippen LogP contribution < -0.4 is 5.73 Å². The molecule has 4 heteroatoms. The molecule has 0 atom stereocenters. The van der Waals surface area contributed by atoms with Crippen molar-refractivity contribution in [3.05, 3.63) is 34.6 Å². The maximum atomic E-state index is 5.96. The van der Waals surface area contributed by atoms with E-state index in [1.165, 1.54) is 0 Å². The molecule has 0 spiro atoms. The lowest BCUT2D eigenvalue weighted by molar-refractivity contribution is 1.04. The van der Waals surface area contributed by atoms with Crippen molar-refractivity contribution in [2.75, 3.05) is 5.73 Å². The van der Waals surface area contributed by atoms with Crippen LogP contribution in [0.2, 0.25) is 5.02 Å². The Balaban J connectivity index is 2.49. The number of aromatic amines is 1. The van der Waals surface area contributed by atoms with Crippen molar-refractivity contribution in [1.29, 1.82) is 0 Å². The van der Waals surface area contributed by atoms with E-state index in [2.05, 4.69) is 16.9 Å². The van der Waals surface area contributed by atoms with Gasteiger partial charge in [0.05, 0.1) is 5.69 Å². The smallest absolute Gasteiger partial charge is 0.137 e. The summed E-state index contributed by atoms with van der Waals surface area (Å²) in [6.45, 7) is 4.10. The van der Waals surface area contributed by atoms with Crippen molar-refractivity contribution in [1.82, 2.24) is 9.97 Å². The van der Waals surface area contributed by atoms with Gasteiger partial charge in [0, 0.05) is 22.0 Å². The Morgan fingerprint density at radius 1 is 1.38 bits per heavy atom. The lowest BCUT2D eigenvalue weighted by atomic mass is 10.2. The highest BCUT2D eigenvalue weighted by Crippen LogP contribution is 2.24. The van der Waals surface area contributed by atoms with Gasteiger partial charge >= 0.3 is 0 Å². The number of nitrogens with zero attached hydrogens (tertiary/aromatic N) is 1. The van der Waals surface area contributed by atoms with Crippen molar-refractivity contribution in [2.24, 2.45) is 0 Å². The molecule has 0 aliphatic carbocycles. The standard InChI is InChI=1S/C12H14ClN3/c1-3-11-7(2)15-12(16-11)8-4-9(13)6-10(14)5-8/h4-6H,3,14H2,1-2H3,(H,15,16). The van der Waals surface area contributed by atoms with Gasteiger partial charge in [-0.1, -0.05) is 18.5 Å².